The van der Waals surface area contributed by atoms with Crippen LogP contribution in [0.1, 0.15) is 32.6 Å². The molecule has 0 saturated carbocycles. The third kappa shape index (κ3) is 2.81. The van der Waals surface area contributed by atoms with Gasteiger partial charge in [0, 0.05) is 6.04 Å². The average molecular weight is 340 g/mol. The number of hydrogen-bond acceptors (Lipinski definition) is 5. The first-order chi connectivity index (χ1) is 9.63. The molecule has 0 N–H and O–H groups in total. The van der Waals surface area contributed by atoms with Gasteiger partial charge in [-0.2, -0.15) is 0 Å². The molecule has 0 unspecified atom stereocenters. The summed E-state index contributed by atoms with van der Waals surface area (Å²) < 4.78 is 11.8. The Bertz CT molecular complexity index is 578. The minimum absolute atomic E-state index is 0.436. The molecule has 20 heavy (non-hydrogen) atoms. The number of likely N-dealkylation sites (tertiary alicyclic amines) is 1. The SMILES string of the molecule is CC(C)[C@@H]1CCCN1Cc1nnc(-c2ccc(Br)o2)o1. The Kier molecular flexibility index (Phi) is 3.94. The largest absolute Gasteiger partial charge is 0.444 e. The van der Waals surface area contributed by atoms with E-state index in [0.29, 0.717) is 34.2 Å². The lowest BCUT2D eigenvalue weighted by Gasteiger charge is -2.25. The van der Waals surface area contributed by atoms with E-state index in [2.05, 4.69) is 44.9 Å². The predicted octanol–water partition coefficient (Wildman–Crippen LogP) is 3.71. The minimum atomic E-state index is 0.436. The number of rotatable bonds is 4. The smallest absolute Gasteiger partial charge is 0.283 e. The zero-order chi connectivity index (χ0) is 14.1. The van der Waals surface area contributed by atoms with E-state index in [4.69, 9.17) is 8.83 Å². The van der Waals surface area contributed by atoms with Crippen LogP contribution in [0.4, 0.5) is 0 Å². The monoisotopic (exact) mass is 339 g/mol. The Hall–Kier alpha value is -1.14. The van der Waals surface area contributed by atoms with Crippen molar-refractivity contribution in [2.75, 3.05) is 6.54 Å². The lowest BCUT2D eigenvalue weighted by Crippen LogP contribution is -2.32. The summed E-state index contributed by atoms with van der Waals surface area (Å²) in [6.45, 7) is 6.36. The first-order valence-corrected chi connectivity index (χ1v) is 7.75. The van der Waals surface area contributed by atoms with Crippen LogP contribution in [0.25, 0.3) is 11.7 Å². The van der Waals surface area contributed by atoms with Gasteiger partial charge in [-0.05, 0) is 53.4 Å². The molecule has 2 aromatic heterocycles. The molecule has 0 spiro atoms. The Labute approximate surface area is 126 Å². The molecule has 0 aromatic carbocycles. The third-order valence-corrected chi connectivity index (χ3v) is 4.20. The summed E-state index contributed by atoms with van der Waals surface area (Å²) in [4.78, 5) is 2.43. The van der Waals surface area contributed by atoms with Gasteiger partial charge in [0.2, 0.25) is 5.89 Å². The van der Waals surface area contributed by atoms with Gasteiger partial charge in [0.25, 0.3) is 5.89 Å². The van der Waals surface area contributed by atoms with Crippen LogP contribution in [0.2, 0.25) is 0 Å². The van der Waals surface area contributed by atoms with Crippen molar-refractivity contribution < 1.29 is 8.83 Å². The fraction of sp³-hybridized carbons (Fsp3) is 0.571. The van der Waals surface area contributed by atoms with E-state index in [9.17, 15) is 0 Å². The van der Waals surface area contributed by atoms with Gasteiger partial charge in [0.1, 0.15) is 0 Å². The number of nitrogens with zero attached hydrogens (tertiary/aromatic N) is 3. The molecule has 2 aromatic rings. The zero-order valence-electron chi connectivity index (χ0n) is 11.7. The summed E-state index contributed by atoms with van der Waals surface area (Å²) in [6, 6.07) is 4.24. The van der Waals surface area contributed by atoms with Crippen molar-refractivity contribution in [1.29, 1.82) is 0 Å². The van der Waals surface area contributed by atoms with E-state index in [0.717, 1.165) is 13.1 Å². The van der Waals surface area contributed by atoms with Crippen molar-refractivity contribution in [3.8, 4) is 11.7 Å². The molecule has 5 nitrogen and oxygen atoms in total. The third-order valence-electron chi connectivity index (χ3n) is 3.77. The highest BCUT2D eigenvalue weighted by Gasteiger charge is 2.28. The van der Waals surface area contributed by atoms with Crippen LogP contribution in [0.15, 0.2) is 25.6 Å². The summed E-state index contributed by atoms with van der Waals surface area (Å²) in [6.07, 6.45) is 2.50. The van der Waals surface area contributed by atoms with E-state index < -0.39 is 0 Å². The van der Waals surface area contributed by atoms with Crippen LogP contribution >= 0.6 is 15.9 Å². The van der Waals surface area contributed by atoms with E-state index in [-0.39, 0.29) is 0 Å². The Morgan fingerprint density at radius 1 is 1.35 bits per heavy atom. The molecule has 1 aliphatic heterocycles. The van der Waals surface area contributed by atoms with Crippen molar-refractivity contribution in [2.24, 2.45) is 5.92 Å². The van der Waals surface area contributed by atoms with Crippen LogP contribution in [0.5, 0.6) is 0 Å². The molecule has 0 aliphatic carbocycles. The van der Waals surface area contributed by atoms with Crippen LogP contribution in [0.3, 0.4) is 0 Å². The maximum absolute atomic E-state index is 5.69. The second kappa shape index (κ2) is 5.69. The van der Waals surface area contributed by atoms with Gasteiger partial charge in [0.05, 0.1) is 6.54 Å². The Morgan fingerprint density at radius 3 is 2.90 bits per heavy atom. The highest BCUT2D eigenvalue weighted by atomic mass is 79.9. The molecule has 1 atom stereocenters. The topological polar surface area (TPSA) is 55.3 Å². The summed E-state index contributed by atoms with van der Waals surface area (Å²) in [5, 5.41) is 8.18. The van der Waals surface area contributed by atoms with Gasteiger partial charge in [0.15, 0.2) is 10.4 Å². The van der Waals surface area contributed by atoms with Gasteiger partial charge in [-0.15, -0.1) is 10.2 Å². The molecular formula is C14H18BrN3O2. The summed E-state index contributed by atoms with van der Waals surface area (Å²) in [5.41, 5.74) is 0. The van der Waals surface area contributed by atoms with Crippen molar-refractivity contribution in [1.82, 2.24) is 15.1 Å². The van der Waals surface area contributed by atoms with Crippen molar-refractivity contribution in [3.05, 3.63) is 22.7 Å². The fourth-order valence-electron chi connectivity index (χ4n) is 2.82. The fourth-order valence-corrected chi connectivity index (χ4v) is 3.13. The molecule has 1 fully saturated rings. The zero-order valence-corrected chi connectivity index (χ0v) is 13.3. The van der Waals surface area contributed by atoms with Gasteiger partial charge in [-0.3, -0.25) is 4.90 Å². The predicted molar refractivity (Wildman–Crippen MR) is 78.0 cm³/mol. The van der Waals surface area contributed by atoms with Crippen molar-refractivity contribution >= 4 is 15.9 Å². The van der Waals surface area contributed by atoms with Gasteiger partial charge >= 0.3 is 0 Å². The maximum Gasteiger partial charge on any atom is 0.283 e. The van der Waals surface area contributed by atoms with Gasteiger partial charge in [-0.25, -0.2) is 0 Å². The summed E-state index contributed by atoms with van der Waals surface area (Å²) in [7, 11) is 0. The van der Waals surface area contributed by atoms with Crippen LogP contribution in [-0.4, -0.2) is 27.7 Å². The minimum Gasteiger partial charge on any atom is -0.444 e. The van der Waals surface area contributed by atoms with Crippen molar-refractivity contribution in [2.45, 2.75) is 39.3 Å². The van der Waals surface area contributed by atoms with Crippen LogP contribution in [0, 0.1) is 5.92 Å². The first kappa shape index (κ1) is 13.8. The molecule has 6 heteroatoms. The lowest BCUT2D eigenvalue weighted by molar-refractivity contribution is 0.182. The number of halogens is 1. The van der Waals surface area contributed by atoms with E-state index in [1.807, 2.05) is 12.1 Å². The summed E-state index contributed by atoms with van der Waals surface area (Å²) in [5.74, 6) is 2.34. The molecule has 0 radical (unpaired) electrons. The number of hydrogen-bond donors (Lipinski definition) is 0. The number of aromatic nitrogens is 2. The average Bonchev–Trinajstić information content (AvgIpc) is 3.09. The molecule has 0 amide bonds. The second-order valence-corrected chi connectivity index (χ2v) is 6.31. The molecular weight excluding hydrogens is 322 g/mol. The highest BCUT2D eigenvalue weighted by Crippen LogP contribution is 2.27. The molecule has 108 valence electrons. The Morgan fingerprint density at radius 2 is 2.20 bits per heavy atom. The van der Waals surface area contributed by atoms with Crippen molar-refractivity contribution in [3.63, 3.8) is 0 Å². The lowest BCUT2D eigenvalue weighted by atomic mass is 10.0. The summed E-state index contributed by atoms with van der Waals surface area (Å²) >= 11 is 3.27. The van der Waals surface area contributed by atoms with E-state index in [1.54, 1.807) is 0 Å². The Balaban J connectivity index is 1.71. The van der Waals surface area contributed by atoms with Crippen LogP contribution in [-0.2, 0) is 6.54 Å². The van der Waals surface area contributed by atoms with Gasteiger partial charge < -0.3 is 8.83 Å². The van der Waals surface area contributed by atoms with Crippen LogP contribution < -0.4 is 0 Å². The van der Waals surface area contributed by atoms with E-state index >= 15 is 0 Å². The molecule has 3 rings (SSSR count). The van der Waals surface area contributed by atoms with E-state index in [1.165, 1.54) is 12.8 Å². The standard InChI is InChI=1S/C14H18BrN3O2/c1-9(2)10-4-3-7-18(10)8-13-16-17-14(20-13)11-5-6-12(15)19-11/h5-6,9-10H,3-4,7-8H2,1-2H3/t10-/m0/s1. The quantitative estimate of drug-likeness (QED) is 0.849. The molecule has 1 saturated heterocycles. The van der Waals surface area contributed by atoms with Gasteiger partial charge in [-0.1, -0.05) is 13.8 Å². The first-order valence-electron chi connectivity index (χ1n) is 6.95. The second-order valence-electron chi connectivity index (χ2n) is 5.53. The molecule has 3 heterocycles. The molecule has 0 bridgehead atoms. The molecule has 1 aliphatic rings. The normalized spacial score (nSPS) is 20.1. The highest BCUT2D eigenvalue weighted by molar-refractivity contribution is 9.10. The number of furan rings is 1. The maximum atomic E-state index is 5.69.